The molecule has 7 aromatic carbocycles. The Morgan fingerprint density at radius 3 is 2.35 bits per heavy atom. The van der Waals surface area contributed by atoms with Gasteiger partial charge in [-0.25, -0.2) is 9.98 Å². The monoisotopic (exact) mass is 798 g/mol. The topological polar surface area (TPSA) is 53.1 Å². The van der Waals surface area contributed by atoms with E-state index >= 15 is 0 Å². The average molecular weight is 799 g/mol. The van der Waals surface area contributed by atoms with Gasteiger partial charge in [0.05, 0.1) is 6.04 Å². The highest BCUT2D eigenvalue weighted by Gasteiger charge is 2.42. The largest absolute Gasteiger partial charge is 0.456 e. The van der Waals surface area contributed by atoms with Gasteiger partial charge in [-0.05, 0) is 130 Å². The van der Waals surface area contributed by atoms with Crippen molar-refractivity contribution in [2.75, 3.05) is 4.90 Å². The number of nitrogens with one attached hydrogen (secondary N) is 1. The number of benzene rings is 7. The van der Waals surface area contributed by atoms with E-state index in [9.17, 15) is 0 Å². The van der Waals surface area contributed by atoms with Crippen molar-refractivity contribution >= 4 is 61.8 Å². The van der Waals surface area contributed by atoms with Crippen molar-refractivity contribution in [3.8, 4) is 11.1 Å². The van der Waals surface area contributed by atoms with Gasteiger partial charge in [0.2, 0.25) is 0 Å². The molecular formula is C57H42N4O. The highest BCUT2D eigenvalue weighted by molar-refractivity contribution is 6.15. The van der Waals surface area contributed by atoms with E-state index < -0.39 is 0 Å². The third-order valence-electron chi connectivity index (χ3n) is 13.6. The molecule has 2 aliphatic heterocycles. The summed E-state index contributed by atoms with van der Waals surface area (Å²) in [7, 11) is 0. The Labute approximate surface area is 360 Å². The predicted molar refractivity (Wildman–Crippen MR) is 256 cm³/mol. The SMILES string of the molecule is C1=CC2=C(C=CC3C2c2cc(-c4ccccc4)ccc2N3c2ccc3c(c2)oc2cc(C4=NC(c5ccc6c(c5)C=CCC6)=NC(c5ccc6ccccc6c5)N4)ccc23)CC1. The smallest absolute Gasteiger partial charge is 0.159 e. The molecule has 0 bridgehead atoms. The molecule has 5 nitrogen and oxygen atoms in total. The highest BCUT2D eigenvalue weighted by Crippen LogP contribution is 2.54. The fraction of sp³-hybridized carbons (Fsp3) is 0.123. The third kappa shape index (κ3) is 5.76. The van der Waals surface area contributed by atoms with Gasteiger partial charge in [0, 0.05) is 45.3 Å². The molecule has 0 radical (unpaired) electrons. The van der Waals surface area contributed by atoms with Crippen LogP contribution in [0.4, 0.5) is 11.4 Å². The molecule has 13 rings (SSSR count). The second-order valence-corrected chi connectivity index (χ2v) is 17.2. The molecule has 1 aromatic heterocycles. The zero-order chi connectivity index (χ0) is 40.7. The molecule has 0 fully saturated rings. The van der Waals surface area contributed by atoms with Crippen LogP contribution in [0.5, 0.6) is 0 Å². The van der Waals surface area contributed by atoms with Crippen molar-refractivity contribution in [3.05, 3.63) is 220 Å². The van der Waals surface area contributed by atoms with Crippen LogP contribution in [0, 0.1) is 0 Å². The first-order chi connectivity index (χ1) is 30.7. The van der Waals surface area contributed by atoms with Crippen LogP contribution in [0.1, 0.15) is 64.7 Å². The Morgan fingerprint density at radius 1 is 0.613 bits per heavy atom. The van der Waals surface area contributed by atoms with Gasteiger partial charge in [-0.3, -0.25) is 0 Å². The Balaban J connectivity index is 0.888. The minimum atomic E-state index is -0.316. The van der Waals surface area contributed by atoms with Gasteiger partial charge < -0.3 is 14.6 Å². The van der Waals surface area contributed by atoms with Crippen LogP contribution < -0.4 is 10.2 Å². The van der Waals surface area contributed by atoms with Gasteiger partial charge in [-0.2, -0.15) is 0 Å². The number of aliphatic imine (C=N–C) groups is 2. The summed E-state index contributed by atoms with van der Waals surface area (Å²) >= 11 is 0. The van der Waals surface area contributed by atoms with Crippen molar-refractivity contribution in [1.29, 1.82) is 0 Å². The minimum Gasteiger partial charge on any atom is -0.456 e. The molecule has 1 N–H and O–H groups in total. The van der Waals surface area contributed by atoms with Crippen molar-refractivity contribution in [1.82, 2.24) is 5.32 Å². The molecule has 0 amide bonds. The number of anilines is 2. The molecule has 3 unspecified atom stereocenters. The first-order valence-electron chi connectivity index (χ1n) is 21.9. The van der Waals surface area contributed by atoms with E-state index in [1.165, 1.54) is 55.4 Å². The standard InChI is InChI=1S/C57H42N4O/c1-2-10-35(11-3-1)41-24-28-50-49(32-41)54-46-17-9-8-14-38(46)23-29-51(54)61(50)45-25-27-48-47-26-22-44(33-52(47)62-53(48)34-45)57-59-55(42-20-18-36-12-4-6-15-39(36)30-42)58-56(60-57)43-21-19-37-13-5-7-16-40(37)31-43/h1-4,6-7,9-12,15-34,51,54-55H,5,8,13-14H2,(H,58,59,60). The fourth-order valence-corrected chi connectivity index (χ4v) is 10.5. The van der Waals surface area contributed by atoms with Gasteiger partial charge >= 0.3 is 0 Å². The van der Waals surface area contributed by atoms with E-state index in [1.54, 1.807) is 0 Å². The maximum atomic E-state index is 6.82. The number of nitrogens with zero attached hydrogens (tertiary/aromatic N) is 3. The zero-order valence-electron chi connectivity index (χ0n) is 34.1. The number of hydrogen-bond donors (Lipinski definition) is 1. The third-order valence-corrected chi connectivity index (χ3v) is 13.6. The number of amidine groups is 2. The second kappa shape index (κ2) is 14.0. The first kappa shape index (κ1) is 35.3. The molecule has 3 aliphatic carbocycles. The van der Waals surface area contributed by atoms with Crippen molar-refractivity contribution in [2.45, 2.75) is 43.8 Å². The molecule has 5 aliphatic rings. The summed E-state index contributed by atoms with van der Waals surface area (Å²) in [6, 6.07) is 52.9. The number of rotatable bonds is 5. The molecule has 296 valence electrons. The number of fused-ring (bicyclic) bond motifs is 9. The normalized spacial score (nSPS) is 19.9. The van der Waals surface area contributed by atoms with E-state index in [0.29, 0.717) is 0 Å². The maximum Gasteiger partial charge on any atom is 0.159 e. The summed E-state index contributed by atoms with van der Waals surface area (Å²) in [5.41, 5.74) is 16.5. The molecule has 0 saturated carbocycles. The summed E-state index contributed by atoms with van der Waals surface area (Å²) < 4.78 is 6.82. The molecule has 3 atom stereocenters. The lowest BCUT2D eigenvalue weighted by molar-refractivity contribution is 0.665. The van der Waals surface area contributed by atoms with E-state index in [-0.39, 0.29) is 18.1 Å². The average Bonchev–Trinajstić information content (AvgIpc) is 3.88. The van der Waals surface area contributed by atoms with E-state index in [0.717, 1.165) is 81.7 Å². The summed E-state index contributed by atoms with van der Waals surface area (Å²) in [4.78, 5) is 13.0. The molecule has 0 spiro atoms. The Kier molecular flexibility index (Phi) is 7.99. The van der Waals surface area contributed by atoms with Crippen LogP contribution in [0.15, 0.2) is 202 Å². The molecule has 62 heavy (non-hydrogen) atoms. The van der Waals surface area contributed by atoms with E-state index in [2.05, 4.69) is 192 Å². The van der Waals surface area contributed by atoms with E-state index in [1.807, 2.05) is 0 Å². The predicted octanol–water partition coefficient (Wildman–Crippen LogP) is 13.7. The van der Waals surface area contributed by atoms with Crippen molar-refractivity contribution in [3.63, 3.8) is 0 Å². The summed E-state index contributed by atoms with van der Waals surface area (Å²) in [6.45, 7) is 0. The van der Waals surface area contributed by atoms with Gasteiger partial charge in [-0.1, -0.05) is 127 Å². The number of allylic oxidation sites excluding steroid dienone is 5. The fourth-order valence-electron chi connectivity index (χ4n) is 10.5. The number of aryl methyl sites for hydroxylation is 1. The van der Waals surface area contributed by atoms with Crippen LogP contribution >= 0.6 is 0 Å². The van der Waals surface area contributed by atoms with E-state index in [4.69, 9.17) is 14.4 Å². The Hall–Kier alpha value is -7.50. The van der Waals surface area contributed by atoms with Crippen LogP contribution in [-0.4, -0.2) is 17.7 Å². The lowest BCUT2D eigenvalue weighted by Crippen LogP contribution is -2.33. The number of hydrogen-bond acceptors (Lipinski definition) is 5. The van der Waals surface area contributed by atoms with Gasteiger partial charge in [0.1, 0.15) is 23.2 Å². The molecule has 8 aromatic rings. The Bertz CT molecular complexity index is 3360. The lowest BCUT2D eigenvalue weighted by atomic mass is 9.77. The van der Waals surface area contributed by atoms with Gasteiger partial charge in [0.25, 0.3) is 0 Å². The quantitative estimate of drug-likeness (QED) is 0.189. The summed E-state index contributed by atoms with van der Waals surface area (Å²) in [5.74, 6) is 1.75. The molecule has 5 heteroatoms. The second-order valence-electron chi connectivity index (χ2n) is 17.2. The van der Waals surface area contributed by atoms with Crippen molar-refractivity contribution < 1.29 is 4.42 Å². The zero-order valence-corrected chi connectivity index (χ0v) is 34.1. The van der Waals surface area contributed by atoms with Gasteiger partial charge in [-0.15, -0.1) is 0 Å². The van der Waals surface area contributed by atoms with Crippen LogP contribution in [-0.2, 0) is 6.42 Å². The number of furan rings is 1. The first-order valence-corrected chi connectivity index (χ1v) is 21.9. The van der Waals surface area contributed by atoms with Crippen LogP contribution in [0.2, 0.25) is 0 Å². The maximum absolute atomic E-state index is 6.82. The highest BCUT2D eigenvalue weighted by atomic mass is 16.3. The molecular weight excluding hydrogens is 757 g/mol. The summed E-state index contributed by atoms with van der Waals surface area (Å²) in [5, 5.41) is 8.29. The van der Waals surface area contributed by atoms with Crippen LogP contribution in [0.3, 0.4) is 0 Å². The molecule has 3 heterocycles. The minimum absolute atomic E-state index is 0.166. The van der Waals surface area contributed by atoms with Crippen molar-refractivity contribution in [2.24, 2.45) is 9.98 Å². The lowest BCUT2D eigenvalue weighted by Gasteiger charge is -2.33. The Morgan fingerprint density at radius 2 is 1.42 bits per heavy atom. The summed E-state index contributed by atoms with van der Waals surface area (Å²) in [6.07, 6.45) is 18.0. The van der Waals surface area contributed by atoms with Crippen LogP contribution in [0.25, 0.3) is 49.9 Å². The van der Waals surface area contributed by atoms with Gasteiger partial charge in [0.15, 0.2) is 5.84 Å². The molecule has 0 saturated heterocycles.